The number of aromatic hydroxyl groups is 1. The van der Waals surface area contributed by atoms with E-state index in [2.05, 4.69) is 0 Å². The van der Waals surface area contributed by atoms with Crippen LogP contribution in [0.5, 0.6) is 5.75 Å². The second-order valence-electron chi connectivity index (χ2n) is 5.35. The number of aliphatic carboxylic acids is 1. The van der Waals surface area contributed by atoms with Crippen molar-refractivity contribution in [1.29, 1.82) is 0 Å². The van der Waals surface area contributed by atoms with Gasteiger partial charge >= 0.3 is 5.97 Å². The van der Waals surface area contributed by atoms with E-state index >= 15 is 0 Å². The number of rotatable bonds is 5. The number of Topliss-reactive ketones (excluding diaryl/α,β-unsaturated/α-hetero) is 1. The molecule has 1 saturated carbocycles. The van der Waals surface area contributed by atoms with Gasteiger partial charge in [0, 0.05) is 18.6 Å². The highest BCUT2D eigenvalue weighted by Gasteiger charge is 2.67. The number of ether oxygens (including phenoxy) is 1. The van der Waals surface area contributed by atoms with Gasteiger partial charge in [0.25, 0.3) is 0 Å². The maximum atomic E-state index is 12.4. The molecule has 1 aliphatic carbocycles. The Labute approximate surface area is 117 Å². The van der Waals surface area contributed by atoms with Crippen molar-refractivity contribution in [2.45, 2.75) is 26.4 Å². The summed E-state index contributed by atoms with van der Waals surface area (Å²) in [5.41, 5.74) is -0.105. The van der Waals surface area contributed by atoms with Gasteiger partial charge in [-0.15, -0.1) is 0 Å². The van der Waals surface area contributed by atoms with Crippen LogP contribution in [0.3, 0.4) is 0 Å². The molecule has 2 rings (SSSR count). The van der Waals surface area contributed by atoms with E-state index in [9.17, 15) is 19.8 Å². The lowest BCUT2D eigenvalue weighted by molar-refractivity contribution is -0.149. The summed E-state index contributed by atoms with van der Waals surface area (Å²) in [6.45, 7) is 3.37. The van der Waals surface area contributed by atoms with Crippen molar-refractivity contribution < 1.29 is 24.5 Å². The first-order valence-corrected chi connectivity index (χ1v) is 6.44. The van der Waals surface area contributed by atoms with Crippen molar-refractivity contribution in [2.75, 3.05) is 7.11 Å². The lowest BCUT2D eigenvalue weighted by atomic mass is 9.93. The maximum absolute atomic E-state index is 12.4. The summed E-state index contributed by atoms with van der Waals surface area (Å²) in [6, 6.07) is 4.56. The third kappa shape index (κ3) is 2.08. The number of ketones is 1. The summed E-state index contributed by atoms with van der Waals surface area (Å²) < 4.78 is 5.12. The lowest BCUT2D eigenvalue weighted by Gasteiger charge is -2.19. The maximum Gasteiger partial charge on any atom is 0.313 e. The van der Waals surface area contributed by atoms with Gasteiger partial charge in [0.15, 0.2) is 5.78 Å². The minimum absolute atomic E-state index is 0.118. The SMILES string of the molecule is COC(C)C1(C(=O)O)CC1C(=O)c1ccc(O)c(C)c1. The van der Waals surface area contributed by atoms with Crippen LogP contribution in [0.1, 0.15) is 29.3 Å². The molecule has 0 aromatic heterocycles. The first-order valence-electron chi connectivity index (χ1n) is 6.44. The van der Waals surface area contributed by atoms with E-state index < -0.39 is 23.4 Å². The molecule has 0 aliphatic heterocycles. The van der Waals surface area contributed by atoms with Crippen LogP contribution < -0.4 is 0 Å². The first kappa shape index (κ1) is 14.5. The Balaban J connectivity index is 2.27. The number of carboxylic acids is 1. The van der Waals surface area contributed by atoms with Gasteiger partial charge < -0.3 is 14.9 Å². The zero-order valence-electron chi connectivity index (χ0n) is 11.7. The Hall–Kier alpha value is -1.88. The number of carboxylic acid groups (broad SMARTS) is 1. The van der Waals surface area contributed by atoms with Gasteiger partial charge in [0.05, 0.1) is 6.10 Å². The number of carbonyl (C=O) groups is 2. The molecule has 0 spiro atoms. The Bertz CT molecular complexity index is 565. The first-order chi connectivity index (χ1) is 9.34. The quantitative estimate of drug-likeness (QED) is 0.805. The van der Waals surface area contributed by atoms with E-state index in [1.54, 1.807) is 19.9 Å². The summed E-state index contributed by atoms with van der Waals surface area (Å²) in [5.74, 6) is -1.66. The Kier molecular flexibility index (Phi) is 3.56. The van der Waals surface area contributed by atoms with E-state index in [0.29, 0.717) is 11.1 Å². The summed E-state index contributed by atoms with van der Waals surface area (Å²) in [6.07, 6.45) is -0.233. The molecule has 1 fully saturated rings. The molecule has 108 valence electrons. The second kappa shape index (κ2) is 4.90. The molecule has 3 unspecified atom stereocenters. The molecule has 0 radical (unpaired) electrons. The number of hydrogen-bond donors (Lipinski definition) is 2. The van der Waals surface area contributed by atoms with Crippen LogP contribution in [-0.2, 0) is 9.53 Å². The molecule has 0 saturated heterocycles. The molecule has 5 nitrogen and oxygen atoms in total. The number of carbonyl (C=O) groups excluding carboxylic acids is 1. The molecule has 1 aromatic rings. The van der Waals surface area contributed by atoms with Crippen LogP contribution >= 0.6 is 0 Å². The van der Waals surface area contributed by atoms with E-state index in [-0.39, 0.29) is 18.0 Å². The smallest absolute Gasteiger partial charge is 0.313 e. The largest absolute Gasteiger partial charge is 0.508 e. The number of phenols is 1. The normalized spacial score (nSPS) is 26.1. The highest BCUT2D eigenvalue weighted by Crippen LogP contribution is 2.57. The monoisotopic (exact) mass is 278 g/mol. The average molecular weight is 278 g/mol. The predicted octanol–water partition coefficient (Wildman–Crippen LogP) is 2.01. The zero-order valence-corrected chi connectivity index (χ0v) is 11.7. The van der Waals surface area contributed by atoms with Crippen molar-refractivity contribution in [3.8, 4) is 5.75 Å². The topological polar surface area (TPSA) is 83.8 Å². The molecule has 0 heterocycles. The van der Waals surface area contributed by atoms with Gasteiger partial charge in [0.2, 0.25) is 0 Å². The zero-order chi connectivity index (χ0) is 15.1. The summed E-state index contributed by atoms with van der Waals surface area (Å²) in [4.78, 5) is 23.9. The van der Waals surface area contributed by atoms with Gasteiger partial charge in [-0.1, -0.05) is 0 Å². The van der Waals surface area contributed by atoms with Crippen molar-refractivity contribution in [1.82, 2.24) is 0 Å². The molecule has 2 N–H and O–H groups in total. The highest BCUT2D eigenvalue weighted by atomic mass is 16.5. The standard InChI is InChI=1S/C15H18O5/c1-8-6-10(4-5-12(8)16)13(17)11-7-15(11,14(18)19)9(2)20-3/h4-6,9,11,16H,7H2,1-3H3,(H,18,19). The van der Waals surface area contributed by atoms with Crippen molar-refractivity contribution in [2.24, 2.45) is 11.3 Å². The second-order valence-corrected chi connectivity index (χ2v) is 5.35. The van der Waals surface area contributed by atoms with Gasteiger partial charge in [0.1, 0.15) is 11.2 Å². The van der Waals surface area contributed by atoms with Gasteiger partial charge in [-0.25, -0.2) is 0 Å². The van der Waals surface area contributed by atoms with Gasteiger partial charge in [-0.3, -0.25) is 9.59 Å². The molecule has 0 amide bonds. The van der Waals surface area contributed by atoms with Crippen LogP contribution in [0.25, 0.3) is 0 Å². The summed E-state index contributed by atoms with van der Waals surface area (Å²) in [7, 11) is 1.44. The third-order valence-electron chi connectivity index (χ3n) is 4.28. The minimum atomic E-state index is -1.13. The van der Waals surface area contributed by atoms with E-state index in [1.807, 2.05) is 0 Å². The molecule has 0 bridgehead atoms. The van der Waals surface area contributed by atoms with Crippen molar-refractivity contribution in [3.63, 3.8) is 0 Å². The molecule has 5 heteroatoms. The fourth-order valence-corrected chi connectivity index (χ4v) is 2.69. The molecule has 3 atom stereocenters. The fourth-order valence-electron chi connectivity index (χ4n) is 2.69. The minimum Gasteiger partial charge on any atom is -0.508 e. The van der Waals surface area contributed by atoms with E-state index in [0.717, 1.165) is 0 Å². The number of hydrogen-bond acceptors (Lipinski definition) is 4. The van der Waals surface area contributed by atoms with Crippen LogP contribution in [0, 0.1) is 18.3 Å². The third-order valence-corrected chi connectivity index (χ3v) is 4.28. The summed E-state index contributed by atoms with van der Waals surface area (Å²) in [5, 5.41) is 18.9. The predicted molar refractivity (Wildman–Crippen MR) is 71.8 cm³/mol. The summed E-state index contributed by atoms with van der Waals surface area (Å²) >= 11 is 0. The van der Waals surface area contributed by atoms with Crippen LogP contribution in [0.4, 0.5) is 0 Å². The molecule has 20 heavy (non-hydrogen) atoms. The number of methoxy groups -OCH3 is 1. The van der Waals surface area contributed by atoms with Gasteiger partial charge in [-0.2, -0.15) is 0 Å². The van der Waals surface area contributed by atoms with Crippen LogP contribution in [0.2, 0.25) is 0 Å². The highest BCUT2D eigenvalue weighted by molar-refractivity contribution is 6.04. The molecular formula is C15H18O5. The van der Waals surface area contributed by atoms with Crippen molar-refractivity contribution >= 4 is 11.8 Å². The molecule has 1 aromatic carbocycles. The van der Waals surface area contributed by atoms with E-state index in [4.69, 9.17) is 4.74 Å². The molecule has 1 aliphatic rings. The Morgan fingerprint density at radius 2 is 2.10 bits per heavy atom. The Morgan fingerprint density at radius 1 is 1.45 bits per heavy atom. The van der Waals surface area contributed by atoms with Crippen molar-refractivity contribution in [3.05, 3.63) is 29.3 Å². The fraction of sp³-hybridized carbons (Fsp3) is 0.467. The Morgan fingerprint density at radius 3 is 2.60 bits per heavy atom. The number of aryl methyl sites for hydroxylation is 1. The number of benzene rings is 1. The lowest BCUT2D eigenvalue weighted by Crippen LogP contribution is -2.33. The van der Waals surface area contributed by atoms with Gasteiger partial charge in [-0.05, 0) is 44.0 Å². The number of phenolic OH excluding ortho intramolecular Hbond substituents is 1. The van der Waals surface area contributed by atoms with E-state index in [1.165, 1.54) is 19.2 Å². The van der Waals surface area contributed by atoms with Crippen LogP contribution in [-0.4, -0.2) is 35.2 Å². The molecular weight excluding hydrogens is 260 g/mol. The average Bonchev–Trinajstić information content (AvgIpc) is 3.17. The van der Waals surface area contributed by atoms with Crippen LogP contribution in [0.15, 0.2) is 18.2 Å².